The first kappa shape index (κ1) is 26.5. The molecule has 8 rings (SSSR count). The molecule has 0 radical (unpaired) electrons. The van der Waals surface area contributed by atoms with Crippen LogP contribution in [0.25, 0.3) is 11.1 Å². The normalized spacial score (nSPS) is 43.5. The van der Waals surface area contributed by atoms with E-state index in [4.69, 9.17) is 9.47 Å². The van der Waals surface area contributed by atoms with Crippen LogP contribution in [0.15, 0.2) is 42.7 Å². The van der Waals surface area contributed by atoms with E-state index in [-0.39, 0.29) is 23.2 Å². The molecule has 0 amide bonds. The van der Waals surface area contributed by atoms with Crippen molar-refractivity contribution in [3.63, 3.8) is 0 Å². The summed E-state index contributed by atoms with van der Waals surface area (Å²) in [5.74, 6) is -0.500. The molecule has 2 spiro atoms. The minimum atomic E-state index is -1.13. The summed E-state index contributed by atoms with van der Waals surface area (Å²) < 4.78 is 12.9. The number of ketones is 1. The fourth-order valence-corrected chi connectivity index (χ4v) is 10.8. The molecule has 41 heavy (non-hydrogen) atoms. The van der Waals surface area contributed by atoms with E-state index in [2.05, 4.69) is 50.0 Å². The molecule has 6 heteroatoms. The van der Waals surface area contributed by atoms with Crippen molar-refractivity contribution in [3.8, 4) is 11.1 Å². The number of ether oxygens (including phenoxy) is 2. The summed E-state index contributed by atoms with van der Waals surface area (Å²) in [5.41, 5.74) is 1.07. The molecule has 5 aliphatic carbocycles. The molecule has 1 unspecified atom stereocenters. The lowest BCUT2D eigenvalue weighted by Gasteiger charge is -2.73. The Kier molecular flexibility index (Phi) is 5.35. The zero-order valence-corrected chi connectivity index (χ0v) is 24.6. The van der Waals surface area contributed by atoms with E-state index in [9.17, 15) is 15.0 Å². The molecule has 1 aromatic heterocycles. The summed E-state index contributed by atoms with van der Waals surface area (Å²) >= 11 is 0. The van der Waals surface area contributed by atoms with Crippen LogP contribution < -0.4 is 0 Å². The topological polar surface area (TPSA) is 88.9 Å². The average molecular weight is 558 g/mol. The predicted octanol–water partition coefficient (Wildman–Crippen LogP) is 5.59. The quantitative estimate of drug-likeness (QED) is 0.475. The molecule has 1 aromatic carbocycles. The molecular weight excluding hydrogens is 514 g/mol. The van der Waals surface area contributed by atoms with Crippen molar-refractivity contribution in [3.05, 3.63) is 53.9 Å². The van der Waals surface area contributed by atoms with Crippen molar-refractivity contribution in [2.45, 2.75) is 101 Å². The summed E-state index contributed by atoms with van der Waals surface area (Å²) in [6, 6.07) is 10.6. The van der Waals surface area contributed by atoms with Crippen LogP contribution in [0.4, 0.5) is 0 Å². The number of carbonyl (C=O) groups is 1. The molecule has 6 nitrogen and oxygen atoms in total. The van der Waals surface area contributed by atoms with E-state index in [1.54, 1.807) is 6.20 Å². The molecule has 218 valence electrons. The lowest BCUT2D eigenvalue weighted by Crippen LogP contribution is -2.78. The summed E-state index contributed by atoms with van der Waals surface area (Å²) in [5, 5.41) is 26.3. The lowest BCUT2D eigenvalue weighted by atomic mass is 9.35. The Morgan fingerprint density at radius 1 is 0.951 bits per heavy atom. The van der Waals surface area contributed by atoms with Gasteiger partial charge in [-0.25, -0.2) is 0 Å². The minimum Gasteiger partial charge on any atom is -0.389 e. The standard InChI is InChI=1S/C35H43NO5/c1-30(2)20-40-34(41-21-30)13-12-32-16-24-15-22(23-5-4-14-36-18-23)6-7-25(24)28-17-31(3)26(8-9-29(31)37)27(35(28,32)39)10-11-33(32,38)19-34/h4-7,14-15,18,26-28,38-39H,8-13,16-17,19-21H2,1-3H3/t26-,27-,28?,31-,32+,33+,35-/m0/s1. The van der Waals surface area contributed by atoms with Crippen LogP contribution in [-0.4, -0.2) is 51.2 Å². The highest BCUT2D eigenvalue weighted by atomic mass is 16.7. The first-order chi connectivity index (χ1) is 19.4. The Labute approximate surface area is 242 Å². The van der Waals surface area contributed by atoms with Gasteiger partial charge in [0.25, 0.3) is 0 Å². The van der Waals surface area contributed by atoms with E-state index in [0.29, 0.717) is 63.9 Å². The summed E-state index contributed by atoms with van der Waals surface area (Å²) in [4.78, 5) is 17.8. The van der Waals surface area contributed by atoms with Gasteiger partial charge in [-0.2, -0.15) is 0 Å². The van der Waals surface area contributed by atoms with Crippen LogP contribution in [-0.2, 0) is 20.7 Å². The van der Waals surface area contributed by atoms with Gasteiger partial charge in [0.15, 0.2) is 5.79 Å². The van der Waals surface area contributed by atoms with Crippen LogP contribution >= 0.6 is 0 Å². The van der Waals surface area contributed by atoms with Gasteiger partial charge in [-0.1, -0.05) is 45.0 Å². The Morgan fingerprint density at radius 3 is 2.51 bits per heavy atom. The van der Waals surface area contributed by atoms with Crippen LogP contribution in [0.1, 0.15) is 89.2 Å². The maximum atomic E-state index is 13.4. The van der Waals surface area contributed by atoms with Gasteiger partial charge in [0.2, 0.25) is 0 Å². The van der Waals surface area contributed by atoms with Gasteiger partial charge in [0, 0.05) is 53.8 Å². The van der Waals surface area contributed by atoms with Crippen LogP contribution in [0.2, 0.25) is 0 Å². The van der Waals surface area contributed by atoms with Crippen molar-refractivity contribution in [2.75, 3.05) is 13.2 Å². The molecule has 2 N–H and O–H groups in total. The fraction of sp³-hybridized carbons (Fsp3) is 0.657. The molecule has 7 atom stereocenters. The number of Topliss-reactive ketones (excluding diaryl/α,β-unsaturated/α-hetero) is 1. The van der Waals surface area contributed by atoms with Gasteiger partial charge in [-0.05, 0) is 78.7 Å². The first-order valence-electron chi connectivity index (χ1n) is 15.7. The van der Waals surface area contributed by atoms with Crippen molar-refractivity contribution < 1.29 is 24.5 Å². The smallest absolute Gasteiger partial charge is 0.171 e. The number of hydrogen-bond donors (Lipinski definition) is 2. The molecule has 5 fully saturated rings. The lowest BCUT2D eigenvalue weighted by molar-refractivity contribution is -0.377. The van der Waals surface area contributed by atoms with Gasteiger partial charge in [-0.15, -0.1) is 0 Å². The van der Waals surface area contributed by atoms with Gasteiger partial charge in [0.1, 0.15) is 5.78 Å². The predicted molar refractivity (Wildman–Crippen MR) is 154 cm³/mol. The van der Waals surface area contributed by atoms with Crippen molar-refractivity contribution in [1.29, 1.82) is 0 Å². The molecule has 4 saturated carbocycles. The van der Waals surface area contributed by atoms with E-state index in [1.807, 2.05) is 12.3 Å². The third-order valence-corrected chi connectivity index (χ3v) is 12.8. The Balaban J connectivity index is 1.28. The van der Waals surface area contributed by atoms with Gasteiger partial charge in [0.05, 0.1) is 24.4 Å². The second-order valence-corrected chi connectivity index (χ2v) is 15.5. The second kappa shape index (κ2) is 8.28. The Morgan fingerprint density at radius 2 is 1.76 bits per heavy atom. The number of benzene rings is 1. The highest BCUT2D eigenvalue weighted by Crippen LogP contribution is 2.75. The van der Waals surface area contributed by atoms with E-state index in [0.717, 1.165) is 29.5 Å². The molecule has 2 heterocycles. The van der Waals surface area contributed by atoms with E-state index in [1.165, 1.54) is 5.56 Å². The number of aromatic nitrogens is 1. The van der Waals surface area contributed by atoms with Crippen LogP contribution in [0.3, 0.4) is 0 Å². The van der Waals surface area contributed by atoms with E-state index >= 15 is 0 Å². The summed E-state index contributed by atoms with van der Waals surface area (Å²) in [6.07, 6.45) is 9.40. The number of rotatable bonds is 1. The number of aliphatic hydroxyl groups is 2. The SMILES string of the molecule is CC1(C)COC2(CC[C@@]34Cc5cc(-c6cccnc6)ccc5C5C[C@]6(C)C(=O)CC[C@H]6[C@H](CC[C@@]3(O)C2)[C@]54O)OC1. The van der Waals surface area contributed by atoms with Crippen LogP contribution in [0.5, 0.6) is 0 Å². The average Bonchev–Trinajstić information content (AvgIpc) is 3.25. The number of fused-ring (bicyclic) bond motifs is 4. The zero-order chi connectivity index (χ0) is 28.5. The Bertz CT molecular complexity index is 1410. The zero-order valence-electron chi connectivity index (χ0n) is 24.6. The molecule has 1 aliphatic heterocycles. The maximum absolute atomic E-state index is 13.4. The van der Waals surface area contributed by atoms with Crippen molar-refractivity contribution in [2.24, 2.45) is 28.1 Å². The second-order valence-electron chi connectivity index (χ2n) is 15.5. The van der Waals surface area contributed by atoms with E-state index < -0.39 is 27.8 Å². The number of carbonyl (C=O) groups excluding carboxylic acids is 1. The Hall–Kier alpha value is -2.12. The molecule has 0 bridgehead atoms. The van der Waals surface area contributed by atoms with Gasteiger partial charge < -0.3 is 19.7 Å². The highest BCUT2D eigenvalue weighted by molar-refractivity contribution is 5.87. The largest absolute Gasteiger partial charge is 0.389 e. The first-order valence-corrected chi connectivity index (χ1v) is 15.7. The van der Waals surface area contributed by atoms with Gasteiger partial charge >= 0.3 is 0 Å². The third kappa shape index (κ3) is 3.34. The fourth-order valence-electron chi connectivity index (χ4n) is 10.8. The number of hydrogen-bond acceptors (Lipinski definition) is 6. The van der Waals surface area contributed by atoms with Gasteiger partial charge in [-0.3, -0.25) is 9.78 Å². The molecular formula is C35H43NO5. The molecule has 1 saturated heterocycles. The van der Waals surface area contributed by atoms with Crippen LogP contribution in [0, 0.1) is 28.1 Å². The highest BCUT2D eigenvalue weighted by Gasteiger charge is 2.78. The molecule has 6 aliphatic rings. The number of pyridine rings is 1. The van der Waals surface area contributed by atoms with Crippen molar-refractivity contribution in [1.82, 2.24) is 4.98 Å². The summed E-state index contributed by atoms with van der Waals surface area (Å²) in [6.45, 7) is 7.67. The summed E-state index contributed by atoms with van der Waals surface area (Å²) in [7, 11) is 0. The number of nitrogens with zero attached hydrogens (tertiary/aromatic N) is 1. The molecule has 2 aromatic rings. The maximum Gasteiger partial charge on any atom is 0.171 e. The third-order valence-electron chi connectivity index (χ3n) is 12.8. The monoisotopic (exact) mass is 557 g/mol. The minimum absolute atomic E-state index is 0.00898. The van der Waals surface area contributed by atoms with Crippen molar-refractivity contribution >= 4 is 5.78 Å².